The Morgan fingerprint density at radius 2 is 0.845 bits per heavy atom. The van der Waals surface area contributed by atoms with E-state index < -0.39 is 133 Å². The van der Waals surface area contributed by atoms with Crippen molar-refractivity contribution < 1.29 is 66.3 Å². The SMILES string of the molecule is [2H]C([2H])(N)CCC[C@]([2H])(NC(=O)[C@@H](CC(=O)[C@@H](CCCN=C(N)N)NC(=O)OCc1ccccc1)Cc1c(C)cc(O)cc1C)C(=O)C[C@@H](Cc1ccccc1)C(N)=O.[2H]C([2H])(N)CCC[C@]([2H])(NC(=O)[C@@H](CC(=O)[C@H](N)CCCN=C(N)N)Cc1c(C)cc(O)cc1C)C(=O)C[C@@H](Cc1ccccc1)C(N)=O.[3H][B]. The van der Waals surface area contributed by atoms with Gasteiger partial charge in [-0.3, -0.25) is 48.3 Å². The number of benzene rings is 5. The normalized spacial score (nSPS) is 15.0. The molecule has 5 rings (SSSR count). The van der Waals surface area contributed by atoms with Gasteiger partial charge < -0.3 is 82.5 Å². The van der Waals surface area contributed by atoms with Crippen LogP contribution in [0.3, 0.4) is 0 Å². The first kappa shape index (κ1) is 75.7. The van der Waals surface area contributed by atoms with Gasteiger partial charge in [0.1, 0.15) is 23.9 Å². The van der Waals surface area contributed by atoms with Crippen LogP contribution in [0.2, 0.25) is 0 Å². The molecule has 5 aromatic carbocycles. The maximum atomic E-state index is 14.5. The minimum atomic E-state index is -2.38. The Labute approximate surface area is 616 Å². The summed E-state index contributed by atoms with van der Waals surface area (Å²) in [5, 5.41) is 28.0. The van der Waals surface area contributed by atoms with Crippen LogP contribution in [0.1, 0.15) is 148 Å². The fourth-order valence-corrected chi connectivity index (χ4v) is 11.6. The number of alkyl carbamates (subject to hydrolysis) is 1. The van der Waals surface area contributed by atoms with E-state index in [4.69, 9.17) is 63.2 Å². The molecular weight excluding hydrogens is 1310 g/mol. The topological polar surface area (TPSA) is 498 Å². The lowest BCUT2D eigenvalue weighted by molar-refractivity contribution is -0.134. The Hall–Kier alpha value is -9.99. The van der Waals surface area contributed by atoms with Crippen LogP contribution in [-0.4, -0.2) is 135 Å². The number of primary amides is 2. The van der Waals surface area contributed by atoms with Crippen LogP contribution in [0.5, 0.6) is 11.5 Å². The maximum absolute atomic E-state index is 14.5. The highest BCUT2D eigenvalue weighted by molar-refractivity contribution is 5.96. The van der Waals surface area contributed by atoms with Crippen molar-refractivity contribution in [1.29, 1.82) is 1.34 Å². The van der Waals surface area contributed by atoms with Gasteiger partial charge in [-0.2, -0.15) is 0 Å². The Morgan fingerprint density at radius 1 is 0.485 bits per heavy atom. The summed E-state index contributed by atoms with van der Waals surface area (Å²) in [5.74, 6) is -10.3. The highest BCUT2D eigenvalue weighted by atomic mass is 16.5. The summed E-state index contributed by atoms with van der Waals surface area (Å²) in [6.45, 7) is 3.08. The van der Waals surface area contributed by atoms with E-state index in [1.54, 1.807) is 113 Å². The Morgan fingerprint density at radius 3 is 1.21 bits per heavy atom. The van der Waals surface area contributed by atoms with Crippen LogP contribution in [-0.2, 0) is 75.4 Å². The monoisotopic (exact) mass is 1430 g/mol. The summed E-state index contributed by atoms with van der Waals surface area (Å²) in [7, 11) is 3.75. The molecular formula is C76H109BN14O12. The Balaban J connectivity index is 0.000000567. The number of hydrogen-bond donors (Lipinski definition) is 14. The van der Waals surface area contributed by atoms with Crippen molar-refractivity contribution in [2.24, 2.45) is 85.3 Å². The van der Waals surface area contributed by atoms with Crippen molar-refractivity contribution in [3.8, 4) is 11.5 Å². The molecule has 0 heterocycles. The van der Waals surface area contributed by atoms with Gasteiger partial charge in [0, 0.05) is 76.3 Å². The quantitative estimate of drug-likeness (QED) is 0.0113. The largest absolute Gasteiger partial charge is 0.508 e. The van der Waals surface area contributed by atoms with Gasteiger partial charge in [0.05, 0.1) is 26.9 Å². The van der Waals surface area contributed by atoms with Crippen molar-refractivity contribution in [2.75, 3.05) is 26.1 Å². The zero-order chi connectivity index (χ0) is 82.7. The van der Waals surface area contributed by atoms with Gasteiger partial charge in [-0.05, 0) is 206 Å². The number of ketones is 4. The predicted octanol–water partition coefficient (Wildman–Crippen LogP) is 4.17. The van der Waals surface area contributed by atoms with Gasteiger partial charge in [-0.25, -0.2) is 4.79 Å². The third-order valence-electron chi connectivity index (χ3n) is 17.2. The highest BCUT2D eigenvalue weighted by Crippen LogP contribution is 2.29. The summed E-state index contributed by atoms with van der Waals surface area (Å²) in [4.78, 5) is 130. The third-order valence-corrected chi connectivity index (χ3v) is 17.2. The first-order valence-corrected chi connectivity index (χ1v) is 34.0. The summed E-state index contributed by atoms with van der Waals surface area (Å²) in [6.07, 6.45) is -2.69. The number of phenols is 2. The van der Waals surface area contributed by atoms with Crippen molar-refractivity contribution in [1.82, 2.24) is 16.0 Å². The number of ether oxygens (including phenoxy) is 1. The van der Waals surface area contributed by atoms with E-state index in [-0.39, 0.29) is 133 Å². The number of aromatic hydroxyl groups is 2. The van der Waals surface area contributed by atoms with E-state index in [2.05, 4.69) is 34.3 Å². The molecule has 5 amide bonds. The third kappa shape index (κ3) is 32.7. The van der Waals surface area contributed by atoms with E-state index in [1.165, 1.54) is 24.3 Å². The van der Waals surface area contributed by atoms with Crippen LogP contribution in [0.25, 0.3) is 0 Å². The average molecular weight is 1430 g/mol. The van der Waals surface area contributed by atoms with Crippen molar-refractivity contribution in [3.63, 3.8) is 0 Å². The zero-order valence-electron chi connectivity index (χ0n) is 66.4. The summed E-state index contributed by atoms with van der Waals surface area (Å²) < 4.78 is 60.2. The van der Waals surface area contributed by atoms with Crippen LogP contribution in [0.15, 0.2) is 125 Å². The molecule has 0 unspecified atom stereocenters. The first-order chi connectivity index (χ1) is 51.6. The van der Waals surface area contributed by atoms with E-state index >= 15 is 0 Å². The molecule has 0 aliphatic rings. The number of phenolic OH excluding ortho intramolecular Hbond substituents is 2. The van der Waals surface area contributed by atoms with Gasteiger partial charge in [-0.1, -0.05) is 91.0 Å². The molecule has 23 N–H and O–H groups in total. The first-order valence-electron chi connectivity index (χ1n) is 37.6. The van der Waals surface area contributed by atoms with Crippen molar-refractivity contribution in [3.05, 3.63) is 165 Å². The van der Waals surface area contributed by atoms with Crippen LogP contribution in [0.4, 0.5) is 4.79 Å². The lowest BCUT2D eigenvalue weighted by atomic mass is 9.86. The fourth-order valence-electron chi connectivity index (χ4n) is 11.6. The molecule has 0 fully saturated rings. The van der Waals surface area contributed by atoms with Crippen molar-refractivity contribution in [2.45, 2.75) is 174 Å². The lowest BCUT2D eigenvalue weighted by Gasteiger charge is -2.25. The molecule has 2 radical (unpaired) electrons. The van der Waals surface area contributed by atoms with Gasteiger partial charge in [0.15, 0.2) is 29.3 Å². The number of rotatable bonds is 45. The zero-order valence-corrected chi connectivity index (χ0v) is 59.4. The smallest absolute Gasteiger partial charge is 0.408 e. The molecule has 0 spiro atoms. The molecule has 0 saturated heterocycles. The maximum Gasteiger partial charge on any atom is 0.408 e. The number of carbonyl (C=O) groups excluding carboxylic acids is 9. The second-order valence-electron chi connectivity index (χ2n) is 25.4. The number of Topliss-reactive ketones (excluding diaryl/α,β-unsaturated/α-hetero) is 4. The van der Waals surface area contributed by atoms with E-state index in [9.17, 15) is 56.1 Å². The number of nitrogens with two attached hydrogens (primary N) is 9. The van der Waals surface area contributed by atoms with E-state index in [0.29, 0.717) is 45.4 Å². The minimum Gasteiger partial charge on any atom is -0.508 e. The number of guanidine groups is 2. The molecule has 8 atom stereocenters. The number of amides is 5. The standard InChI is InChI=1S/C42H57N7O7.C34H51N7O5.BH/c1-27-20-33(50)21-28(2)34(27)23-32(25-38(52)36(17-11-19-47-41(45)46)49-42(55)56-26-30-14-7-4-8-15-30)40(54)48-35(16-9-10-18-43)37(51)24-31(39(44)53)22-29-12-5-3-6-13-29;1-21-15-26(42)16-22(2)27(21)18-25(20-30(43)28(36)11-8-14-40-34(38)39)33(46)41-29(12-6-7-13-35)31(44)19-24(32(37)45)17-23-9-4-3-5-10-23;/h3-8,12-15,20-21,31-32,35-36,50H,9-11,16-19,22-26,43H2,1-2H3,(H2,44,53)(H,48,54)(H,49,55)(H4,45,46,47);3-5,9-10,15-16,24-25,28-29,42H,6-8,11-14,17-20,35-36H2,1-2H3,(H2,37,45)(H,41,46)(H4,38,39,40);1H/t31-,32-,35+,36-;24-,25-,28-,29+;/m11./s1/i18D2,35D;13D2,29D;1T. The van der Waals surface area contributed by atoms with Gasteiger partial charge in [0.2, 0.25) is 23.6 Å². The number of aliphatic imine (C=N–C) groups is 2. The molecule has 0 saturated carbocycles. The molecule has 103 heavy (non-hydrogen) atoms. The number of nitrogens with zero attached hydrogens (tertiary/aromatic N) is 2. The van der Waals surface area contributed by atoms with E-state index in [1.807, 2.05) is 6.07 Å². The van der Waals surface area contributed by atoms with Crippen LogP contribution < -0.4 is 67.6 Å². The van der Waals surface area contributed by atoms with Crippen molar-refractivity contribution >= 4 is 73.2 Å². The molecule has 0 aromatic heterocycles. The summed E-state index contributed by atoms with van der Waals surface area (Å²) in [6, 6.07) is 26.0. The number of aryl methyl sites for hydroxylation is 4. The summed E-state index contributed by atoms with van der Waals surface area (Å²) in [5.41, 5.74) is 56.4. The van der Waals surface area contributed by atoms with Gasteiger partial charge >= 0.3 is 6.09 Å². The molecule has 558 valence electrons. The molecule has 0 aliphatic heterocycles. The van der Waals surface area contributed by atoms with Crippen LogP contribution >= 0.6 is 0 Å². The fraction of sp³-hybridized carbons (Fsp3) is 0.461. The van der Waals surface area contributed by atoms with Gasteiger partial charge in [-0.15, -0.1) is 0 Å². The molecule has 5 aromatic rings. The Kier molecular flexibility index (Phi) is 34.2. The number of carbonyl (C=O) groups is 9. The second-order valence-corrected chi connectivity index (χ2v) is 25.4. The molecule has 26 nitrogen and oxygen atoms in total. The molecule has 0 aliphatic carbocycles. The second kappa shape index (κ2) is 46.5. The average Bonchev–Trinajstić information content (AvgIpc) is 0.815. The van der Waals surface area contributed by atoms with E-state index in [0.717, 1.165) is 11.1 Å². The minimum absolute atomic E-state index is 0.00470. The summed E-state index contributed by atoms with van der Waals surface area (Å²) >= 11 is 0. The predicted molar refractivity (Wildman–Crippen MR) is 402 cm³/mol. The molecule has 27 heteroatoms. The van der Waals surface area contributed by atoms with Crippen LogP contribution in [0, 0.1) is 51.4 Å². The number of nitrogens with one attached hydrogen (secondary N) is 3. The Bertz CT molecular complexity index is 3870. The van der Waals surface area contributed by atoms with Gasteiger partial charge in [0.25, 0.3) is 0 Å². The lowest BCUT2D eigenvalue weighted by Crippen LogP contribution is -2.47. The highest BCUT2D eigenvalue weighted by Gasteiger charge is 2.35. The number of hydrogen-bond acceptors (Lipinski definition) is 17. The molecule has 0 bridgehead atoms.